The van der Waals surface area contributed by atoms with Gasteiger partial charge in [-0.05, 0) is 30.3 Å². The van der Waals surface area contributed by atoms with E-state index in [1.54, 1.807) is 12.1 Å². The maximum absolute atomic E-state index is 12.1. The Kier molecular flexibility index (Phi) is 5.57. The molecule has 1 heterocycles. The second-order valence-corrected chi connectivity index (χ2v) is 6.20. The molecule has 1 aromatic heterocycles. The van der Waals surface area contributed by atoms with Gasteiger partial charge in [0, 0.05) is 34.3 Å². The number of hydrogen-bond acceptors (Lipinski definition) is 7. The first-order valence-corrected chi connectivity index (χ1v) is 8.32. The van der Waals surface area contributed by atoms with Crippen LogP contribution in [0.25, 0.3) is 11.3 Å². The summed E-state index contributed by atoms with van der Waals surface area (Å²) in [5.41, 5.74) is 6.28. The molecule has 0 saturated heterocycles. The smallest absolute Gasteiger partial charge is 0.380 e. The fourth-order valence-electron chi connectivity index (χ4n) is 2.13. The van der Waals surface area contributed by atoms with Crippen molar-refractivity contribution in [2.45, 2.75) is 0 Å². The fraction of sp³-hybridized carbons (Fsp3) is 0. The normalized spacial score (nSPS) is 11.3. The lowest BCUT2D eigenvalue weighted by Gasteiger charge is -2.00. The van der Waals surface area contributed by atoms with Crippen LogP contribution in [0.3, 0.4) is 0 Å². The highest BCUT2D eigenvalue weighted by molar-refractivity contribution is 6.36. The third-order valence-electron chi connectivity index (χ3n) is 3.52. The molecule has 2 N–H and O–H groups in total. The second-order valence-electron chi connectivity index (χ2n) is 5.36. The van der Waals surface area contributed by atoms with Crippen molar-refractivity contribution in [2.75, 3.05) is 0 Å². The number of nitrogens with zero attached hydrogens (tertiary/aromatic N) is 3. The number of non-ortho nitro benzene ring substituents is 1. The Labute approximate surface area is 167 Å². The van der Waals surface area contributed by atoms with Gasteiger partial charge in [0.1, 0.15) is 0 Å². The average Bonchev–Trinajstić information content (AvgIpc) is 3.15. The van der Waals surface area contributed by atoms with Crippen LogP contribution in [0.2, 0.25) is 10.0 Å². The molecule has 0 bridgehead atoms. The van der Waals surface area contributed by atoms with E-state index in [1.165, 1.54) is 36.4 Å². The predicted molar refractivity (Wildman–Crippen MR) is 101 cm³/mol. The van der Waals surface area contributed by atoms with Crippen LogP contribution in [0.1, 0.15) is 16.1 Å². The maximum Gasteiger partial charge on any atom is 0.387 e. The molecule has 9 nitrogen and oxygen atoms in total. The van der Waals surface area contributed by atoms with Gasteiger partial charge in [-0.25, -0.2) is 4.79 Å². The van der Waals surface area contributed by atoms with Crippen LogP contribution in [0.4, 0.5) is 5.69 Å². The Morgan fingerprint density at radius 3 is 2.54 bits per heavy atom. The molecular weight excluding hydrogens is 411 g/mol. The number of amidine groups is 1. The number of nitro benzene ring substituents is 1. The number of rotatable bonds is 5. The molecule has 0 aliphatic carbocycles. The van der Waals surface area contributed by atoms with Crippen LogP contribution in [0.15, 0.2) is 58.2 Å². The molecule has 28 heavy (non-hydrogen) atoms. The number of oxime groups is 1. The van der Waals surface area contributed by atoms with Gasteiger partial charge < -0.3 is 15.1 Å². The number of halogens is 2. The summed E-state index contributed by atoms with van der Waals surface area (Å²) in [5.74, 6) is -0.821. The zero-order valence-corrected chi connectivity index (χ0v) is 15.3. The molecule has 3 rings (SSSR count). The summed E-state index contributed by atoms with van der Waals surface area (Å²) in [4.78, 5) is 26.9. The van der Waals surface area contributed by atoms with Gasteiger partial charge in [-0.3, -0.25) is 10.1 Å². The van der Waals surface area contributed by atoms with Crippen molar-refractivity contribution in [3.8, 4) is 11.3 Å². The van der Waals surface area contributed by atoms with E-state index in [-0.39, 0.29) is 23.0 Å². The van der Waals surface area contributed by atoms with Gasteiger partial charge in [-0.1, -0.05) is 33.5 Å². The number of nitrogens with two attached hydrogens (primary N) is 1. The van der Waals surface area contributed by atoms with Crippen molar-refractivity contribution in [1.29, 1.82) is 0 Å². The third-order valence-corrected chi connectivity index (χ3v) is 4.06. The summed E-state index contributed by atoms with van der Waals surface area (Å²) in [6.07, 6.45) is 0. The molecule has 0 saturated carbocycles. The zero-order valence-electron chi connectivity index (χ0n) is 13.8. The van der Waals surface area contributed by atoms with Gasteiger partial charge in [0.25, 0.3) is 5.69 Å². The van der Waals surface area contributed by atoms with E-state index in [0.717, 1.165) is 0 Å². The molecule has 0 fully saturated rings. The lowest BCUT2D eigenvalue weighted by Crippen LogP contribution is -2.15. The average molecular weight is 421 g/mol. The van der Waals surface area contributed by atoms with Crippen LogP contribution in [-0.2, 0) is 4.84 Å². The van der Waals surface area contributed by atoms with Crippen molar-refractivity contribution in [1.82, 2.24) is 5.16 Å². The standard InChI is InChI=1S/C17H10Cl2N4O5/c18-10-3-6-12(13(19)7-10)15-8-14(21-27-15)17(24)28-22-16(20)9-1-4-11(5-2-9)23(25)26/h1-8H,(H2,20,22). The van der Waals surface area contributed by atoms with Crippen molar-refractivity contribution in [3.05, 3.63) is 79.9 Å². The number of carbonyl (C=O) groups is 1. The van der Waals surface area contributed by atoms with Crippen molar-refractivity contribution < 1.29 is 19.1 Å². The largest absolute Gasteiger partial charge is 0.387 e. The Hall–Kier alpha value is -3.43. The first-order valence-electron chi connectivity index (χ1n) is 7.57. The van der Waals surface area contributed by atoms with Crippen molar-refractivity contribution in [2.24, 2.45) is 10.9 Å². The van der Waals surface area contributed by atoms with Crippen molar-refractivity contribution >= 4 is 40.7 Å². The minimum absolute atomic E-state index is 0.107. The van der Waals surface area contributed by atoms with Crippen molar-refractivity contribution in [3.63, 3.8) is 0 Å². The zero-order chi connectivity index (χ0) is 20.3. The first-order chi connectivity index (χ1) is 13.3. The Morgan fingerprint density at radius 1 is 1.18 bits per heavy atom. The number of aromatic nitrogens is 1. The first kappa shape index (κ1) is 19.3. The number of carbonyl (C=O) groups excluding carboxylic acids is 1. The molecular formula is C17H10Cl2N4O5. The van der Waals surface area contributed by atoms with E-state index < -0.39 is 10.9 Å². The Morgan fingerprint density at radius 2 is 1.89 bits per heavy atom. The SMILES string of the molecule is N/C(=N\OC(=O)c1cc(-c2ccc(Cl)cc2Cl)on1)c1ccc([N+](=O)[O-])cc1. The van der Waals surface area contributed by atoms with Gasteiger partial charge >= 0.3 is 5.97 Å². The minimum atomic E-state index is -0.912. The van der Waals surface area contributed by atoms with Gasteiger partial charge in [-0.15, -0.1) is 0 Å². The molecule has 0 spiro atoms. The van der Waals surface area contributed by atoms with E-state index in [2.05, 4.69) is 10.3 Å². The molecule has 0 amide bonds. The van der Waals surface area contributed by atoms with Gasteiger partial charge in [-0.2, -0.15) is 0 Å². The minimum Gasteiger partial charge on any atom is -0.380 e. The Balaban J connectivity index is 1.72. The van der Waals surface area contributed by atoms with E-state index in [9.17, 15) is 14.9 Å². The highest BCUT2D eigenvalue weighted by Gasteiger charge is 2.17. The summed E-state index contributed by atoms with van der Waals surface area (Å²) < 4.78 is 5.10. The molecule has 142 valence electrons. The highest BCUT2D eigenvalue weighted by Crippen LogP contribution is 2.30. The van der Waals surface area contributed by atoms with Crippen LogP contribution in [0, 0.1) is 10.1 Å². The van der Waals surface area contributed by atoms with E-state index in [0.29, 0.717) is 21.2 Å². The second kappa shape index (κ2) is 8.07. The molecule has 0 unspecified atom stereocenters. The van der Waals surface area contributed by atoms with E-state index in [1.807, 2.05) is 0 Å². The molecule has 2 aromatic carbocycles. The monoisotopic (exact) mass is 420 g/mol. The fourth-order valence-corrected chi connectivity index (χ4v) is 2.63. The number of benzene rings is 2. The summed E-state index contributed by atoms with van der Waals surface area (Å²) in [7, 11) is 0. The maximum atomic E-state index is 12.1. The molecule has 0 aliphatic rings. The quantitative estimate of drug-likeness (QED) is 0.216. The third kappa shape index (κ3) is 4.27. The molecule has 0 aliphatic heterocycles. The van der Waals surface area contributed by atoms with Gasteiger partial charge in [0.15, 0.2) is 17.3 Å². The lowest BCUT2D eigenvalue weighted by molar-refractivity contribution is -0.384. The summed E-state index contributed by atoms with van der Waals surface area (Å²) in [6, 6.07) is 11.3. The number of nitro groups is 1. The van der Waals surface area contributed by atoms with Crippen LogP contribution >= 0.6 is 23.2 Å². The predicted octanol–water partition coefficient (Wildman–Crippen LogP) is 4.03. The number of hydrogen-bond donors (Lipinski definition) is 1. The van der Waals surface area contributed by atoms with E-state index >= 15 is 0 Å². The molecule has 0 radical (unpaired) electrons. The highest BCUT2D eigenvalue weighted by atomic mass is 35.5. The molecule has 3 aromatic rings. The van der Waals surface area contributed by atoms with Crippen LogP contribution in [-0.4, -0.2) is 21.9 Å². The lowest BCUT2D eigenvalue weighted by atomic mass is 10.1. The summed E-state index contributed by atoms with van der Waals surface area (Å²) in [6.45, 7) is 0. The topological polar surface area (TPSA) is 134 Å². The van der Waals surface area contributed by atoms with Crippen LogP contribution < -0.4 is 5.73 Å². The van der Waals surface area contributed by atoms with Gasteiger partial charge in [0.05, 0.1) is 9.95 Å². The summed E-state index contributed by atoms with van der Waals surface area (Å²) >= 11 is 11.9. The molecule has 11 heteroatoms. The summed E-state index contributed by atoms with van der Waals surface area (Å²) in [5, 5.41) is 18.5. The van der Waals surface area contributed by atoms with Gasteiger partial charge in [0.2, 0.25) is 0 Å². The Bertz CT molecular complexity index is 1080. The van der Waals surface area contributed by atoms with E-state index in [4.69, 9.17) is 38.3 Å². The van der Waals surface area contributed by atoms with Crippen LogP contribution in [0.5, 0.6) is 0 Å². The molecule has 0 atom stereocenters.